The van der Waals surface area contributed by atoms with Gasteiger partial charge in [-0.25, -0.2) is 19.9 Å². The first-order valence-corrected chi connectivity index (χ1v) is 32.6. The first-order valence-electron chi connectivity index (χ1n) is 32.6. The molecule has 11 heteroatoms. The van der Waals surface area contributed by atoms with Crippen molar-refractivity contribution < 1.29 is 4.42 Å². The van der Waals surface area contributed by atoms with Crippen molar-refractivity contribution in [2.45, 2.75) is 0 Å². The summed E-state index contributed by atoms with van der Waals surface area (Å²) in [6, 6.07) is 107. The molecule has 450 valence electrons. The first-order chi connectivity index (χ1) is 48.1. The van der Waals surface area contributed by atoms with E-state index in [-0.39, 0.29) is 0 Å². The fourth-order valence-corrected chi connectivity index (χ4v) is 15.3. The van der Waals surface area contributed by atoms with Crippen LogP contribution in [0.15, 0.2) is 308 Å². The van der Waals surface area contributed by atoms with Crippen LogP contribution in [0.4, 0.5) is 0 Å². The third-order valence-electron chi connectivity index (χ3n) is 19.6. The average Bonchev–Trinajstić information content (AvgIpc) is 1.56. The highest BCUT2D eigenvalue weighted by Gasteiger charge is 2.25. The molecule has 11 nitrogen and oxygen atoms in total. The van der Waals surface area contributed by atoms with Gasteiger partial charge in [0.25, 0.3) is 0 Å². The molecular formula is C86H50N10O. The van der Waals surface area contributed by atoms with Crippen molar-refractivity contribution in [3.63, 3.8) is 0 Å². The molecule has 0 aliphatic carbocycles. The van der Waals surface area contributed by atoms with E-state index in [9.17, 15) is 0 Å². The summed E-state index contributed by atoms with van der Waals surface area (Å²) in [7, 11) is 0. The van der Waals surface area contributed by atoms with Crippen molar-refractivity contribution in [1.82, 2.24) is 47.8 Å². The quantitative estimate of drug-likeness (QED) is 0.149. The van der Waals surface area contributed by atoms with Crippen LogP contribution < -0.4 is 0 Å². The van der Waals surface area contributed by atoms with E-state index in [0.717, 1.165) is 132 Å². The zero-order valence-electron chi connectivity index (χ0n) is 51.7. The summed E-state index contributed by atoms with van der Waals surface area (Å²) in [5.41, 5.74) is 19.6. The number of rotatable bonds is 8. The maximum atomic E-state index is 6.86. The van der Waals surface area contributed by atoms with E-state index in [4.69, 9.17) is 34.3 Å². The Morgan fingerprint density at radius 1 is 0.237 bits per heavy atom. The van der Waals surface area contributed by atoms with E-state index in [0.29, 0.717) is 35.1 Å². The summed E-state index contributed by atoms with van der Waals surface area (Å²) in [4.78, 5) is 32.0. The van der Waals surface area contributed by atoms with E-state index in [1.165, 1.54) is 32.4 Å². The zero-order valence-corrected chi connectivity index (χ0v) is 51.7. The topological polar surface area (TPSA) is 109 Å². The third kappa shape index (κ3) is 7.97. The lowest BCUT2D eigenvalue weighted by Gasteiger charge is -2.17. The van der Waals surface area contributed by atoms with Gasteiger partial charge in [-0.3, -0.25) is 4.57 Å². The lowest BCUT2D eigenvalue weighted by atomic mass is 10.0. The van der Waals surface area contributed by atoms with Crippen LogP contribution in [0.3, 0.4) is 0 Å². The van der Waals surface area contributed by atoms with E-state index in [2.05, 4.69) is 273 Å². The highest BCUT2D eigenvalue weighted by atomic mass is 16.3. The van der Waals surface area contributed by atoms with Gasteiger partial charge in [-0.05, 0) is 107 Å². The van der Waals surface area contributed by atoms with Crippen LogP contribution in [-0.4, -0.2) is 47.8 Å². The van der Waals surface area contributed by atoms with Crippen molar-refractivity contribution >= 4 is 120 Å². The summed E-state index contributed by atoms with van der Waals surface area (Å²) >= 11 is 0. The zero-order chi connectivity index (χ0) is 63.4. The van der Waals surface area contributed by atoms with Gasteiger partial charge < -0.3 is 17.8 Å². The fraction of sp³-hybridized carbons (Fsp3) is 0. The monoisotopic (exact) mass is 1240 g/mol. The van der Waals surface area contributed by atoms with Crippen LogP contribution in [0.25, 0.3) is 200 Å². The molecule has 0 aliphatic rings. The molecule has 14 aromatic carbocycles. The lowest BCUT2D eigenvalue weighted by Crippen LogP contribution is -2.07. The molecule has 0 aliphatic heterocycles. The number of benzene rings is 14. The van der Waals surface area contributed by atoms with E-state index in [1.54, 1.807) is 0 Å². The summed E-state index contributed by atoms with van der Waals surface area (Å²) in [6.07, 6.45) is 0. The summed E-state index contributed by atoms with van der Waals surface area (Å²) in [5, 5.41) is 11.4. The average molecular weight is 1240 g/mol. The van der Waals surface area contributed by atoms with Gasteiger partial charge in [0.1, 0.15) is 11.2 Å². The van der Waals surface area contributed by atoms with Crippen molar-refractivity contribution in [2.24, 2.45) is 0 Å². The number of para-hydroxylation sites is 7. The number of fused-ring (bicyclic) bond motifs is 13. The Labute approximate surface area is 552 Å². The molecule has 0 unspecified atom stereocenters. The lowest BCUT2D eigenvalue weighted by molar-refractivity contribution is 0.669. The largest absolute Gasteiger partial charge is 0.456 e. The molecule has 97 heavy (non-hydrogen) atoms. The van der Waals surface area contributed by atoms with Crippen molar-refractivity contribution in [3.8, 4) is 79.7 Å². The number of aromatic nitrogens is 10. The van der Waals surface area contributed by atoms with E-state index in [1.807, 2.05) is 48.5 Å². The Bertz CT molecular complexity index is 6850. The molecule has 0 spiro atoms. The van der Waals surface area contributed by atoms with Crippen molar-refractivity contribution in [1.29, 1.82) is 0 Å². The second-order valence-corrected chi connectivity index (χ2v) is 25.0. The summed E-state index contributed by atoms with van der Waals surface area (Å²) in [5.74, 6) is 3.31. The first kappa shape index (κ1) is 53.2. The molecule has 0 radical (unpaired) electrons. The Morgan fingerprint density at radius 2 is 0.639 bits per heavy atom. The maximum Gasteiger partial charge on any atom is 0.238 e. The molecule has 0 N–H and O–H groups in total. The highest BCUT2D eigenvalue weighted by molar-refractivity contribution is 6.25. The van der Waals surface area contributed by atoms with Crippen LogP contribution in [0.1, 0.15) is 0 Å². The minimum absolute atomic E-state index is 0.506. The standard InChI is InChI=1S/C86H50N10O/c1-3-19-54(20-4-1)81-87-82(90-85(89-81)65-27-9-12-30-68(65)93-69-31-13-14-32-70(69)94-66-28-10-7-25-59(66)63-47-41-52-23-17-35-73(93)77(52)79(63)94)56-39-37-51(38-40-56)57-43-45-61-62-46-44-58(50-76(62)97-75(61)49-57)84-88-83(55-21-5-2-6-22-55)91-86(92-84)96-72-34-16-15-33-71(72)95-67-29-11-8-26-60(67)64-48-42-53-24-18-36-74(96)78(53)80(64)95/h1-50H. The second kappa shape index (κ2) is 20.6. The molecule has 0 bridgehead atoms. The molecule has 7 heterocycles. The molecule has 0 saturated heterocycles. The van der Waals surface area contributed by atoms with Gasteiger partial charge in [0.05, 0.1) is 60.9 Å². The molecule has 7 aromatic heterocycles. The van der Waals surface area contributed by atoms with Gasteiger partial charge in [-0.2, -0.15) is 9.97 Å². The van der Waals surface area contributed by atoms with Gasteiger partial charge in [-0.15, -0.1) is 0 Å². The smallest absolute Gasteiger partial charge is 0.238 e. The van der Waals surface area contributed by atoms with Crippen LogP contribution in [0, 0.1) is 0 Å². The van der Waals surface area contributed by atoms with Crippen molar-refractivity contribution in [3.05, 3.63) is 303 Å². The molecule has 0 amide bonds. The van der Waals surface area contributed by atoms with Crippen LogP contribution in [0.2, 0.25) is 0 Å². The van der Waals surface area contributed by atoms with Gasteiger partial charge >= 0.3 is 0 Å². The minimum atomic E-state index is 0.506. The number of nitrogens with zero attached hydrogens (tertiary/aromatic N) is 10. The van der Waals surface area contributed by atoms with Crippen molar-refractivity contribution in [2.75, 3.05) is 0 Å². The molecule has 21 rings (SSSR count). The fourth-order valence-electron chi connectivity index (χ4n) is 15.3. The molecule has 0 atom stereocenters. The number of hydrogen-bond donors (Lipinski definition) is 0. The predicted octanol–water partition coefficient (Wildman–Crippen LogP) is 21.3. The number of furan rings is 1. The maximum absolute atomic E-state index is 6.86. The molecule has 0 fully saturated rings. The van der Waals surface area contributed by atoms with Crippen LogP contribution in [-0.2, 0) is 0 Å². The molecule has 0 saturated carbocycles. The Kier molecular flexibility index (Phi) is 11.3. The second-order valence-electron chi connectivity index (χ2n) is 25.0. The molecule has 21 aromatic rings. The third-order valence-corrected chi connectivity index (χ3v) is 19.6. The van der Waals surface area contributed by atoms with Gasteiger partial charge in [0, 0.05) is 70.9 Å². The highest BCUT2D eigenvalue weighted by Crippen LogP contribution is 2.44. The van der Waals surface area contributed by atoms with Crippen LogP contribution in [0.5, 0.6) is 0 Å². The SMILES string of the molecule is c1ccc(-c2nc(-c3ccc(-c4ccc5c(c4)oc4cc(-c6nc(-c7ccccc7)nc(-n7c8cccc9ccc%10c%11ccccc%11n(c%11ccccc%117)c%10c98)n6)ccc45)cc3)nc(-c3ccccc3-n3c4cccc5ccc6c7ccccc7n(c7ccccc73)c6c54)n2)cc1. The minimum Gasteiger partial charge on any atom is -0.456 e. The Hall–Kier alpha value is -13.4. The van der Waals surface area contributed by atoms with Gasteiger partial charge in [0.15, 0.2) is 29.1 Å². The number of hydrogen-bond acceptors (Lipinski definition) is 7. The Morgan fingerprint density at radius 3 is 1.23 bits per heavy atom. The normalized spacial score (nSPS) is 12.1. The van der Waals surface area contributed by atoms with Gasteiger partial charge in [-0.1, -0.05) is 218 Å². The van der Waals surface area contributed by atoms with E-state index >= 15 is 0 Å². The summed E-state index contributed by atoms with van der Waals surface area (Å²) < 4.78 is 16.3. The molecular weight excluding hydrogens is 1190 g/mol. The summed E-state index contributed by atoms with van der Waals surface area (Å²) in [6.45, 7) is 0. The predicted molar refractivity (Wildman–Crippen MR) is 394 cm³/mol. The Balaban J connectivity index is 0.672. The van der Waals surface area contributed by atoms with E-state index < -0.39 is 0 Å². The van der Waals surface area contributed by atoms with Gasteiger partial charge in [0.2, 0.25) is 5.95 Å². The van der Waals surface area contributed by atoms with Crippen LogP contribution >= 0.6 is 0 Å².